The minimum atomic E-state index is -0.936. The van der Waals surface area contributed by atoms with Crippen LogP contribution in [-0.4, -0.2) is 20.6 Å². The number of rotatable bonds is 5. The average molecular weight is 210 g/mol. The van der Waals surface area contributed by atoms with Gasteiger partial charge in [0.1, 0.15) is 0 Å². The number of aromatic nitrogens is 2. The highest BCUT2D eigenvalue weighted by molar-refractivity contribution is 5.83. The first-order chi connectivity index (χ1) is 7.11. The number of aryl methyl sites for hydroxylation is 1. The number of aromatic carboxylic acids is 1. The van der Waals surface area contributed by atoms with Crippen LogP contribution < -0.4 is 0 Å². The first kappa shape index (κ1) is 11.8. The summed E-state index contributed by atoms with van der Waals surface area (Å²) in [6.07, 6.45) is 2.87. The number of carboxylic acid groups (broad SMARTS) is 1. The van der Waals surface area contributed by atoms with E-state index >= 15 is 0 Å². The van der Waals surface area contributed by atoms with Gasteiger partial charge in [0.05, 0.1) is 5.69 Å². The second-order valence-corrected chi connectivity index (χ2v) is 3.63. The molecular formula is C11H18N2O2. The van der Waals surface area contributed by atoms with Crippen LogP contribution in [0.4, 0.5) is 0 Å². The molecule has 0 saturated heterocycles. The van der Waals surface area contributed by atoms with Gasteiger partial charge in [0.15, 0.2) is 0 Å². The molecule has 0 aliphatic carbocycles. The second-order valence-electron chi connectivity index (χ2n) is 3.63. The molecule has 0 unspecified atom stereocenters. The summed E-state index contributed by atoms with van der Waals surface area (Å²) in [5.41, 5.74) is 1.88. The van der Waals surface area contributed by atoms with E-state index in [-0.39, 0.29) is 5.82 Å². The number of hydrogen-bond donors (Lipinski definition) is 1. The summed E-state index contributed by atoms with van der Waals surface area (Å²) in [6.45, 7) is 6.74. The summed E-state index contributed by atoms with van der Waals surface area (Å²) in [5.74, 6) is -0.758. The summed E-state index contributed by atoms with van der Waals surface area (Å²) >= 11 is 0. The van der Waals surface area contributed by atoms with E-state index in [4.69, 9.17) is 5.11 Å². The Balaban J connectivity index is 3.10. The van der Waals surface area contributed by atoms with Crippen LogP contribution in [-0.2, 0) is 13.0 Å². The number of imidazole rings is 1. The lowest BCUT2D eigenvalue weighted by Crippen LogP contribution is -2.12. The van der Waals surface area contributed by atoms with Crippen LogP contribution in [0.25, 0.3) is 0 Å². The van der Waals surface area contributed by atoms with Gasteiger partial charge in [0, 0.05) is 12.2 Å². The van der Waals surface area contributed by atoms with Crippen LogP contribution >= 0.6 is 0 Å². The van der Waals surface area contributed by atoms with Crippen LogP contribution in [0.3, 0.4) is 0 Å². The molecule has 4 nitrogen and oxygen atoms in total. The molecule has 0 aliphatic rings. The molecular weight excluding hydrogens is 192 g/mol. The van der Waals surface area contributed by atoms with Crippen molar-refractivity contribution < 1.29 is 9.90 Å². The van der Waals surface area contributed by atoms with E-state index in [0.717, 1.165) is 37.2 Å². The van der Waals surface area contributed by atoms with E-state index in [2.05, 4.69) is 11.9 Å². The molecule has 0 saturated carbocycles. The van der Waals surface area contributed by atoms with Crippen molar-refractivity contribution in [2.45, 2.75) is 46.6 Å². The first-order valence-corrected chi connectivity index (χ1v) is 5.41. The number of unbranched alkanes of at least 4 members (excludes halogenated alkanes) is 1. The Hall–Kier alpha value is -1.32. The molecule has 1 heterocycles. The Morgan fingerprint density at radius 3 is 2.60 bits per heavy atom. The van der Waals surface area contributed by atoms with Crippen molar-refractivity contribution in [1.82, 2.24) is 9.55 Å². The third-order valence-electron chi connectivity index (χ3n) is 2.53. The molecule has 0 aliphatic heterocycles. The minimum Gasteiger partial charge on any atom is -0.475 e. The molecule has 15 heavy (non-hydrogen) atoms. The van der Waals surface area contributed by atoms with Crippen LogP contribution in [0.2, 0.25) is 0 Å². The SMILES string of the molecule is CCCCn1c(C(=O)O)nc(C)c1CC. The molecule has 0 fully saturated rings. The van der Waals surface area contributed by atoms with Gasteiger partial charge in [0.25, 0.3) is 0 Å². The summed E-state index contributed by atoms with van der Waals surface area (Å²) < 4.78 is 1.83. The normalized spacial score (nSPS) is 10.6. The quantitative estimate of drug-likeness (QED) is 0.811. The number of hydrogen-bond acceptors (Lipinski definition) is 2. The lowest BCUT2D eigenvalue weighted by Gasteiger charge is -2.08. The smallest absolute Gasteiger partial charge is 0.372 e. The molecule has 1 aromatic rings. The third-order valence-corrected chi connectivity index (χ3v) is 2.53. The Morgan fingerprint density at radius 2 is 2.13 bits per heavy atom. The molecule has 0 spiro atoms. The maximum absolute atomic E-state index is 11.0. The Kier molecular flexibility index (Phi) is 3.88. The highest BCUT2D eigenvalue weighted by Crippen LogP contribution is 2.13. The van der Waals surface area contributed by atoms with Crippen molar-refractivity contribution in [2.75, 3.05) is 0 Å². The molecule has 0 atom stereocenters. The average Bonchev–Trinajstić information content (AvgIpc) is 2.51. The van der Waals surface area contributed by atoms with Crippen molar-refractivity contribution in [3.63, 3.8) is 0 Å². The molecule has 0 bridgehead atoms. The number of carbonyl (C=O) groups is 1. The molecule has 0 aromatic carbocycles. The van der Waals surface area contributed by atoms with Crippen molar-refractivity contribution in [3.05, 3.63) is 17.2 Å². The zero-order valence-electron chi connectivity index (χ0n) is 9.58. The molecule has 1 rings (SSSR count). The predicted octanol–water partition coefficient (Wildman–Crippen LogP) is 2.25. The van der Waals surface area contributed by atoms with Crippen molar-refractivity contribution >= 4 is 5.97 Å². The molecule has 84 valence electrons. The molecule has 4 heteroatoms. The van der Waals surface area contributed by atoms with Gasteiger partial charge in [0.2, 0.25) is 5.82 Å². The minimum absolute atomic E-state index is 0.179. The number of carboxylic acids is 1. The second kappa shape index (κ2) is 4.96. The summed E-state index contributed by atoms with van der Waals surface area (Å²) in [5, 5.41) is 9.01. The Bertz CT molecular complexity index is 356. The highest BCUT2D eigenvalue weighted by Gasteiger charge is 2.17. The van der Waals surface area contributed by atoms with E-state index in [1.165, 1.54) is 0 Å². The summed E-state index contributed by atoms with van der Waals surface area (Å²) in [6, 6.07) is 0. The fraction of sp³-hybridized carbons (Fsp3) is 0.636. The molecule has 1 N–H and O–H groups in total. The predicted molar refractivity (Wildman–Crippen MR) is 58.2 cm³/mol. The Labute approximate surface area is 89.9 Å². The van der Waals surface area contributed by atoms with Gasteiger partial charge in [-0.3, -0.25) is 0 Å². The maximum Gasteiger partial charge on any atom is 0.372 e. The van der Waals surface area contributed by atoms with Crippen LogP contribution in [0.5, 0.6) is 0 Å². The van der Waals surface area contributed by atoms with Gasteiger partial charge in [-0.2, -0.15) is 0 Å². The van der Waals surface area contributed by atoms with E-state index in [1.54, 1.807) is 0 Å². The van der Waals surface area contributed by atoms with Gasteiger partial charge >= 0.3 is 5.97 Å². The fourth-order valence-corrected chi connectivity index (χ4v) is 1.77. The van der Waals surface area contributed by atoms with E-state index in [9.17, 15) is 4.79 Å². The zero-order chi connectivity index (χ0) is 11.4. The monoisotopic (exact) mass is 210 g/mol. The largest absolute Gasteiger partial charge is 0.475 e. The summed E-state index contributed by atoms with van der Waals surface area (Å²) in [7, 11) is 0. The van der Waals surface area contributed by atoms with Crippen LogP contribution in [0, 0.1) is 6.92 Å². The zero-order valence-corrected chi connectivity index (χ0v) is 9.58. The van der Waals surface area contributed by atoms with Crippen molar-refractivity contribution in [1.29, 1.82) is 0 Å². The summed E-state index contributed by atoms with van der Waals surface area (Å²) in [4.78, 5) is 15.1. The molecule has 0 radical (unpaired) electrons. The van der Waals surface area contributed by atoms with Crippen molar-refractivity contribution in [2.24, 2.45) is 0 Å². The first-order valence-electron chi connectivity index (χ1n) is 5.41. The fourth-order valence-electron chi connectivity index (χ4n) is 1.77. The van der Waals surface area contributed by atoms with Crippen LogP contribution in [0.1, 0.15) is 48.7 Å². The lowest BCUT2D eigenvalue weighted by atomic mass is 10.2. The standard InChI is InChI=1S/C11H18N2O2/c1-4-6-7-13-9(5-2)8(3)12-10(13)11(14)15/h4-7H2,1-3H3,(H,14,15). The lowest BCUT2D eigenvalue weighted by molar-refractivity contribution is 0.0677. The molecule has 1 aromatic heterocycles. The van der Waals surface area contributed by atoms with Gasteiger partial charge < -0.3 is 9.67 Å². The van der Waals surface area contributed by atoms with E-state index in [0.29, 0.717) is 0 Å². The van der Waals surface area contributed by atoms with Gasteiger partial charge in [-0.25, -0.2) is 9.78 Å². The topological polar surface area (TPSA) is 55.1 Å². The maximum atomic E-state index is 11.0. The molecule has 0 amide bonds. The van der Waals surface area contributed by atoms with Crippen molar-refractivity contribution in [3.8, 4) is 0 Å². The van der Waals surface area contributed by atoms with Gasteiger partial charge in [-0.1, -0.05) is 20.3 Å². The van der Waals surface area contributed by atoms with E-state index < -0.39 is 5.97 Å². The van der Waals surface area contributed by atoms with Crippen LogP contribution in [0.15, 0.2) is 0 Å². The van der Waals surface area contributed by atoms with Gasteiger partial charge in [-0.05, 0) is 19.8 Å². The van der Waals surface area contributed by atoms with E-state index in [1.807, 2.05) is 18.4 Å². The van der Waals surface area contributed by atoms with Gasteiger partial charge in [-0.15, -0.1) is 0 Å². The third kappa shape index (κ3) is 2.37. The Morgan fingerprint density at radius 1 is 1.47 bits per heavy atom. The highest BCUT2D eigenvalue weighted by atomic mass is 16.4. The number of nitrogens with zero attached hydrogens (tertiary/aromatic N) is 2.